The lowest BCUT2D eigenvalue weighted by molar-refractivity contribution is 0.415. The largest absolute Gasteiger partial charge is 0.497 e. The van der Waals surface area contributed by atoms with Crippen molar-refractivity contribution in [2.45, 2.75) is 6.92 Å². The summed E-state index contributed by atoms with van der Waals surface area (Å²) in [4.78, 5) is 4.81. The van der Waals surface area contributed by atoms with Crippen LogP contribution < -0.4 is 10.1 Å². The van der Waals surface area contributed by atoms with Gasteiger partial charge in [-0.05, 0) is 48.7 Å². The number of aromatic amines is 1. The number of hydrogen-bond donors (Lipinski definition) is 2. The number of nitrogens with one attached hydrogen (secondary N) is 2. The summed E-state index contributed by atoms with van der Waals surface area (Å²) >= 11 is 6.04. The number of aryl methyl sites for hydroxylation is 1. The van der Waals surface area contributed by atoms with E-state index < -0.39 is 0 Å². The van der Waals surface area contributed by atoms with Gasteiger partial charge in [-0.3, -0.25) is 5.10 Å². The molecule has 0 bridgehead atoms. The summed E-state index contributed by atoms with van der Waals surface area (Å²) in [7, 11) is 1.66. The number of halogens is 1. The van der Waals surface area contributed by atoms with Crippen LogP contribution in [0.1, 0.15) is 5.69 Å². The molecule has 0 radical (unpaired) electrons. The van der Waals surface area contributed by atoms with Crippen molar-refractivity contribution >= 4 is 34.0 Å². The molecule has 0 saturated carbocycles. The average Bonchev–Trinajstić information content (AvgIpc) is 3.06. The Bertz CT molecular complexity index is 1070. The molecule has 0 aliphatic carbocycles. The van der Waals surface area contributed by atoms with E-state index in [4.69, 9.17) is 21.3 Å². The summed E-state index contributed by atoms with van der Waals surface area (Å²) in [6.07, 6.45) is 0. The van der Waals surface area contributed by atoms with E-state index in [2.05, 4.69) is 15.5 Å². The molecule has 2 heterocycles. The summed E-state index contributed by atoms with van der Waals surface area (Å²) < 4.78 is 5.37. The van der Waals surface area contributed by atoms with Crippen molar-refractivity contribution in [3.8, 4) is 17.0 Å². The molecular weight excluding hydrogens is 348 g/mol. The summed E-state index contributed by atoms with van der Waals surface area (Å²) in [6.45, 7) is 1.95. The van der Waals surface area contributed by atoms with Gasteiger partial charge in [-0.1, -0.05) is 23.7 Å². The van der Waals surface area contributed by atoms with Gasteiger partial charge in [0.25, 0.3) is 0 Å². The van der Waals surface area contributed by atoms with E-state index in [1.54, 1.807) is 7.11 Å². The molecule has 0 aliphatic rings. The van der Waals surface area contributed by atoms with Crippen molar-refractivity contribution in [1.29, 1.82) is 0 Å². The first-order valence-corrected chi connectivity index (χ1v) is 8.54. The molecule has 4 rings (SSSR count). The van der Waals surface area contributed by atoms with E-state index in [1.807, 2.05) is 61.5 Å². The highest BCUT2D eigenvalue weighted by atomic mass is 35.5. The standard InChI is InChI=1S/C20H17ClN4O/c1-12-9-19(25-24-12)22-18-11-14-10-16(26-2)7-8-17(14)20(23-18)13-3-5-15(21)6-4-13/h3-11H,1-2H3,(H2,22,23,24,25). The summed E-state index contributed by atoms with van der Waals surface area (Å²) in [5.41, 5.74) is 2.84. The zero-order valence-electron chi connectivity index (χ0n) is 14.4. The number of ether oxygens (including phenoxy) is 1. The summed E-state index contributed by atoms with van der Waals surface area (Å²) in [5.74, 6) is 2.23. The summed E-state index contributed by atoms with van der Waals surface area (Å²) in [5, 5.41) is 13.2. The van der Waals surface area contributed by atoms with Crippen LogP contribution in [0.25, 0.3) is 22.0 Å². The predicted octanol–water partition coefficient (Wildman–Crippen LogP) is 5.34. The smallest absolute Gasteiger partial charge is 0.153 e. The lowest BCUT2D eigenvalue weighted by Gasteiger charge is -2.11. The van der Waals surface area contributed by atoms with E-state index in [0.29, 0.717) is 10.8 Å². The Hall–Kier alpha value is -3.05. The van der Waals surface area contributed by atoms with Crippen molar-refractivity contribution < 1.29 is 4.74 Å². The van der Waals surface area contributed by atoms with Gasteiger partial charge in [-0.2, -0.15) is 5.10 Å². The average molecular weight is 365 g/mol. The quantitative estimate of drug-likeness (QED) is 0.513. The highest BCUT2D eigenvalue weighted by Crippen LogP contribution is 2.32. The van der Waals surface area contributed by atoms with Crippen LogP contribution >= 0.6 is 11.6 Å². The number of pyridine rings is 1. The number of methoxy groups -OCH3 is 1. The number of fused-ring (bicyclic) bond motifs is 1. The molecule has 0 atom stereocenters. The molecule has 2 N–H and O–H groups in total. The van der Waals surface area contributed by atoms with Gasteiger partial charge in [0.05, 0.1) is 12.8 Å². The molecule has 0 fully saturated rings. The van der Waals surface area contributed by atoms with Gasteiger partial charge >= 0.3 is 0 Å². The Morgan fingerprint density at radius 2 is 1.81 bits per heavy atom. The van der Waals surface area contributed by atoms with Crippen LogP contribution in [0.4, 0.5) is 11.6 Å². The first-order chi connectivity index (χ1) is 12.6. The first-order valence-electron chi connectivity index (χ1n) is 8.16. The van der Waals surface area contributed by atoms with Gasteiger partial charge in [0.1, 0.15) is 11.6 Å². The normalized spacial score (nSPS) is 10.9. The Labute approximate surface area is 156 Å². The molecule has 0 saturated heterocycles. The van der Waals surface area contributed by atoms with Crippen LogP contribution in [0.15, 0.2) is 54.6 Å². The van der Waals surface area contributed by atoms with E-state index in [1.165, 1.54) is 0 Å². The molecule has 5 nitrogen and oxygen atoms in total. The molecule has 0 unspecified atom stereocenters. The number of hydrogen-bond acceptors (Lipinski definition) is 4. The summed E-state index contributed by atoms with van der Waals surface area (Å²) in [6, 6.07) is 17.5. The van der Waals surface area contributed by atoms with Gasteiger partial charge in [0.2, 0.25) is 0 Å². The Kier molecular flexibility index (Phi) is 4.22. The Morgan fingerprint density at radius 1 is 1.00 bits per heavy atom. The molecule has 0 aliphatic heterocycles. The van der Waals surface area contributed by atoms with Gasteiger partial charge in [-0.25, -0.2) is 4.98 Å². The van der Waals surface area contributed by atoms with Crippen molar-refractivity contribution in [3.63, 3.8) is 0 Å². The Morgan fingerprint density at radius 3 is 2.50 bits per heavy atom. The number of H-pyrrole nitrogens is 1. The first kappa shape index (κ1) is 16.4. The molecule has 130 valence electrons. The van der Waals surface area contributed by atoms with Gasteiger partial charge in [0, 0.05) is 27.7 Å². The highest BCUT2D eigenvalue weighted by Gasteiger charge is 2.11. The molecule has 2 aromatic carbocycles. The number of anilines is 2. The molecule has 4 aromatic rings. The van der Waals surface area contributed by atoms with E-state index in [9.17, 15) is 0 Å². The van der Waals surface area contributed by atoms with Gasteiger partial charge < -0.3 is 10.1 Å². The minimum Gasteiger partial charge on any atom is -0.497 e. The molecular formula is C20H17ClN4O. The minimum absolute atomic E-state index is 0.695. The van der Waals surface area contributed by atoms with Crippen LogP contribution in [-0.2, 0) is 0 Å². The van der Waals surface area contributed by atoms with Crippen molar-refractivity contribution in [3.05, 3.63) is 65.3 Å². The third-order valence-electron chi connectivity index (χ3n) is 4.12. The zero-order chi connectivity index (χ0) is 18.1. The second-order valence-electron chi connectivity index (χ2n) is 6.01. The molecule has 0 spiro atoms. The Balaban J connectivity index is 1.88. The number of rotatable bonds is 4. The van der Waals surface area contributed by atoms with Gasteiger partial charge in [0.15, 0.2) is 5.82 Å². The lowest BCUT2D eigenvalue weighted by Crippen LogP contribution is -1.97. The SMILES string of the molecule is COc1ccc2c(-c3ccc(Cl)cc3)nc(Nc3cc(C)[nH]n3)cc2c1. The topological polar surface area (TPSA) is 62.8 Å². The molecule has 6 heteroatoms. The third-order valence-corrected chi connectivity index (χ3v) is 4.37. The monoisotopic (exact) mass is 364 g/mol. The molecule has 2 aromatic heterocycles. The molecule has 26 heavy (non-hydrogen) atoms. The predicted molar refractivity (Wildman–Crippen MR) is 105 cm³/mol. The van der Waals surface area contributed by atoms with Crippen LogP contribution in [0.5, 0.6) is 5.75 Å². The number of aromatic nitrogens is 3. The second kappa shape index (κ2) is 6.69. The van der Waals surface area contributed by atoms with Crippen molar-refractivity contribution in [2.75, 3.05) is 12.4 Å². The van der Waals surface area contributed by atoms with E-state index in [-0.39, 0.29) is 0 Å². The van der Waals surface area contributed by atoms with Crippen LogP contribution in [0, 0.1) is 6.92 Å². The van der Waals surface area contributed by atoms with Crippen LogP contribution in [0.3, 0.4) is 0 Å². The maximum Gasteiger partial charge on any atom is 0.153 e. The zero-order valence-corrected chi connectivity index (χ0v) is 15.1. The maximum absolute atomic E-state index is 6.04. The fourth-order valence-electron chi connectivity index (χ4n) is 2.87. The maximum atomic E-state index is 6.04. The fraction of sp³-hybridized carbons (Fsp3) is 0.100. The number of nitrogens with zero attached hydrogens (tertiary/aromatic N) is 2. The molecule has 0 amide bonds. The highest BCUT2D eigenvalue weighted by molar-refractivity contribution is 6.30. The van der Waals surface area contributed by atoms with E-state index >= 15 is 0 Å². The number of benzene rings is 2. The van der Waals surface area contributed by atoms with Crippen LogP contribution in [-0.4, -0.2) is 22.3 Å². The fourth-order valence-corrected chi connectivity index (χ4v) is 2.99. The van der Waals surface area contributed by atoms with Gasteiger partial charge in [-0.15, -0.1) is 0 Å². The van der Waals surface area contributed by atoms with Crippen LogP contribution in [0.2, 0.25) is 5.02 Å². The van der Waals surface area contributed by atoms with Crippen molar-refractivity contribution in [1.82, 2.24) is 15.2 Å². The van der Waals surface area contributed by atoms with E-state index in [0.717, 1.165) is 39.3 Å². The van der Waals surface area contributed by atoms with Crippen molar-refractivity contribution in [2.24, 2.45) is 0 Å². The minimum atomic E-state index is 0.695. The third kappa shape index (κ3) is 3.21. The second-order valence-corrected chi connectivity index (χ2v) is 6.45. The lowest BCUT2D eigenvalue weighted by atomic mass is 10.0.